The normalized spacial score (nSPS) is 14.6. The zero-order valence-corrected chi connectivity index (χ0v) is 17.9. The van der Waals surface area contributed by atoms with E-state index in [1.807, 2.05) is 36.4 Å². The van der Waals surface area contributed by atoms with Crippen molar-refractivity contribution in [3.05, 3.63) is 71.4 Å². The Bertz CT molecular complexity index is 1110. The number of hydrogen-bond donors (Lipinski definition) is 1. The zero-order chi connectivity index (χ0) is 21.9. The van der Waals surface area contributed by atoms with Gasteiger partial charge in [-0.2, -0.15) is 0 Å². The summed E-state index contributed by atoms with van der Waals surface area (Å²) in [4.78, 5) is 19.3. The Balaban J connectivity index is 1.19. The molecule has 0 spiro atoms. The van der Waals surface area contributed by atoms with Crippen LogP contribution in [0.15, 0.2) is 53.1 Å². The first kappa shape index (κ1) is 20.4. The molecule has 166 valence electrons. The minimum atomic E-state index is -0.275. The van der Waals surface area contributed by atoms with Crippen LogP contribution in [-0.2, 0) is 19.6 Å². The van der Waals surface area contributed by atoms with Crippen LogP contribution in [0.4, 0.5) is 0 Å². The van der Waals surface area contributed by atoms with Crippen LogP contribution in [0.3, 0.4) is 0 Å². The van der Waals surface area contributed by atoms with Gasteiger partial charge in [-0.25, -0.2) is 4.98 Å². The van der Waals surface area contributed by atoms with Crippen LogP contribution in [0.25, 0.3) is 0 Å². The van der Waals surface area contributed by atoms with Gasteiger partial charge in [0.15, 0.2) is 17.2 Å². The van der Waals surface area contributed by atoms with Gasteiger partial charge in [-0.15, -0.1) is 0 Å². The molecule has 32 heavy (non-hydrogen) atoms. The lowest BCUT2D eigenvalue weighted by Gasteiger charge is -2.20. The molecule has 1 saturated carbocycles. The van der Waals surface area contributed by atoms with E-state index in [-0.39, 0.29) is 18.4 Å². The summed E-state index contributed by atoms with van der Waals surface area (Å²) in [5.74, 6) is 2.51. The van der Waals surface area contributed by atoms with Gasteiger partial charge in [-0.3, -0.25) is 9.69 Å². The Morgan fingerprint density at radius 3 is 2.84 bits per heavy atom. The van der Waals surface area contributed by atoms with Gasteiger partial charge in [0.25, 0.3) is 5.91 Å². The number of ether oxygens (including phenoxy) is 3. The Hall–Kier alpha value is -3.52. The van der Waals surface area contributed by atoms with Gasteiger partial charge in [0.05, 0.1) is 13.7 Å². The summed E-state index contributed by atoms with van der Waals surface area (Å²) in [6, 6.07) is 14.2. The molecule has 0 radical (unpaired) electrons. The minimum absolute atomic E-state index is 0.225. The SMILES string of the molecule is COc1cccc(CN(Cc2nc(C(=O)NCc3ccc4c(c3)OCO4)co2)C2CC2)c1. The van der Waals surface area contributed by atoms with E-state index >= 15 is 0 Å². The number of amides is 1. The number of nitrogens with zero attached hydrogens (tertiary/aromatic N) is 2. The van der Waals surface area contributed by atoms with Crippen molar-refractivity contribution >= 4 is 5.91 Å². The second-order valence-corrected chi connectivity index (χ2v) is 7.98. The van der Waals surface area contributed by atoms with E-state index in [1.165, 1.54) is 11.8 Å². The number of fused-ring (bicyclic) bond motifs is 1. The third-order valence-corrected chi connectivity index (χ3v) is 5.60. The predicted molar refractivity (Wildman–Crippen MR) is 116 cm³/mol. The lowest BCUT2D eigenvalue weighted by molar-refractivity contribution is 0.0945. The molecule has 1 aromatic heterocycles. The number of hydrogen-bond acceptors (Lipinski definition) is 7. The fourth-order valence-corrected chi connectivity index (χ4v) is 3.74. The second-order valence-electron chi connectivity index (χ2n) is 7.98. The first-order valence-corrected chi connectivity index (χ1v) is 10.7. The molecule has 1 aliphatic carbocycles. The summed E-state index contributed by atoms with van der Waals surface area (Å²) in [5, 5.41) is 2.88. The monoisotopic (exact) mass is 435 g/mol. The van der Waals surface area contributed by atoms with Crippen LogP contribution in [0.1, 0.15) is 40.3 Å². The fraction of sp³-hybridized carbons (Fsp3) is 0.333. The molecule has 0 unspecified atom stereocenters. The van der Waals surface area contributed by atoms with Crippen molar-refractivity contribution in [2.75, 3.05) is 13.9 Å². The molecule has 0 atom stereocenters. The summed E-state index contributed by atoms with van der Waals surface area (Å²) < 4.78 is 21.6. The molecule has 2 aliphatic rings. The van der Waals surface area contributed by atoms with Crippen LogP contribution in [0.5, 0.6) is 17.2 Å². The van der Waals surface area contributed by atoms with E-state index in [9.17, 15) is 4.79 Å². The number of rotatable bonds is 9. The highest BCUT2D eigenvalue weighted by Gasteiger charge is 2.30. The molecule has 8 heteroatoms. The summed E-state index contributed by atoms with van der Waals surface area (Å²) in [5.41, 5.74) is 2.37. The molecule has 1 aliphatic heterocycles. The number of benzene rings is 2. The quantitative estimate of drug-likeness (QED) is 0.550. The van der Waals surface area contributed by atoms with Gasteiger partial charge in [0, 0.05) is 19.1 Å². The van der Waals surface area contributed by atoms with Crippen molar-refractivity contribution in [3.63, 3.8) is 0 Å². The van der Waals surface area contributed by atoms with Gasteiger partial charge in [-0.05, 0) is 48.2 Å². The van der Waals surface area contributed by atoms with Gasteiger partial charge in [0.1, 0.15) is 12.0 Å². The number of carbonyl (C=O) groups is 1. The number of carbonyl (C=O) groups excluding carboxylic acids is 1. The fourth-order valence-electron chi connectivity index (χ4n) is 3.74. The second kappa shape index (κ2) is 8.92. The van der Waals surface area contributed by atoms with Crippen LogP contribution in [0, 0.1) is 0 Å². The van der Waals surface area contributed by atoms with Crippen molar-refractivity contribution < 1.29 is 23.4 Å². The molecule has 1 fully saturated rings. The first-order valence-electron chi connectivity index (χ1n) is 10.7. The van der Waals surface area contributed by atoms with Crippen molar-refractivity contribution in [3.8, 4) is 17.2 Å². The summed E-state index contributed by atoms with van der Waals surface area (Å²) in [6.45, 7) is 1.91. The average Bonchev–Trinajstić information content (AvgIpc) is 3.38. The maximum absolute atomic E-state index is 12.5. The van der Waals surface area contributed by atoms with Gasteiger partial charge in [0.2, 0.25) is 12.7 Å². The van der Waals surface area contributed by atoms with E-state index < -0.39 is 0 Å². The highest BCUT2D eigenvalue weighted by Crippen LogP contribution is 2.32. The third kappa shape index (κ3) is 4.70. The summed E-state index contributed by atoms with van der Waals surface area (Å²) in [6.07, 6.45) is 3.74. The van der Waals surface area contributed by atoms with Crippen molar-refractivity contribution in [1.82, 2.24) is 15.2 Å². The van der Waals surface area contributed by atoms with E-state index in [0.717, 1.165) is 36.4 Å². The first-order chi connectivity index (χ1) is 15.7. The number of aromatic nitrogens is 1. The van der Waals surface area contributed by atoms with E-state index in [2.05, 4.69) is 21.3 Å². The Morgan fingerprint density at radius 2 is 2.00 bits per heavy atom. The van der Waals surface area contributed by atoms with E-state index in [1.54, 1.807) is 7.11 Å². The van der Waals surface area contributed by atoms with Crippen molar-refractivity contribution in [2.45, 2.75) is 38.5 Å². The maximum atomic E-state index is 12.5. The summed E-state index contributed by atoms with van der Waals surface area (Å²) in [7, 11) is 1.67. The Morgan fingerprint density at radius 1 is 1.12 bits per heavy atom. The van der Waals surface area contributed by atoms with Crippen LogP contribution in [0.2, 0.25) is 0 Å². The van der Waals surface area contributed by atoms with Crippen LogP contribution >= 0.6 is 0 Å². The lowest BCUT2D eigenvalue weighted by atomic mass is 10.2. The topological polar surface area (TPSA) is 86.1 Å². The van der Waals surface area contributed by atoms with Crippen molar-refractivity contribution in [1.29, 1.82) is 0 Å². The molecule has 5 rings (SSSR count). The molecule has 0 bridgehead atoms. The number of nitrogens with one attached hydrogen (secondary N) is 1. The highest BCUT2D eigenvalue weighted by molar-refractivity contribution is 5.91. The molecule has 3 aromatic rings. The standard InChI is InChI=1S/C24H25N3O5/c1-29-19-4-2-3-17(9-19)12-27(18-6-7-18)13-23-26-20(14-30-23)24(28)25-11-16-5-8-21-22(10-16)32-15-31-21/h2-5,8-10,14,18H,6-7,11-13,15H2,1H3,(H,25,28). The minimum Gasteiger partial charge on any atom is -0.497 e. The zero-order valence-electron chi connectivity index (χ0n) is 17.9. The molecule has 1 amide bonds. The molecule has 0 saturated heterocycles. The Kier molecular flexibility index (Phi) is 5.68. The molecular formula is C24H25N3O5. The third-order valence-electron chi connectivity index (χ3n) is 5.60. The summed E-state index contributed by atoms with van der Waals surface area (Å²) >= 11 is 0. The largest absolute Gasteiger partial charge is 0.497 e. The molecule has 1 N–H and O–H groups in total. The lowest BCUT2D eigenvalue weighted by Crippen LogP contribution is -2.26. The Labute approximate surface area is 186 Å². The average molecular weight is 435 g/mol. The molecular weight excluding hydrogens is 410 g/mol. The maximum Gasteiger partial charge on any atom is 0.273 e. The van der Waals surface area contributed by atoms with E-state index in [4.69, 9.17) is 18.6 Å². The predicted octanol–water partition coefficient (Wildman–Crippen LogP) is 3.51. The highest BCUT2D eigenvalue weighted by atomic mass is 16.7. The van der Waals surface area contributed by atoms with Gasteiger partial charge in [-0.1, -0.05) is 18.2 Å². The van der Waals surface area contributed by atoms with E-state index in [0.29, 0.717) is 30.8 Å². The van der Waals surface area contributed by atoms with Crippen LogP contribution < -0.4 is 19.5 Å². The van der Waals surface area contributed by atoms with Crippen molar-refractivity contribution in [2.24, 2.45) is 0 Å². The molecule has 2 aromatic carbocycles. The smallest absolute Gasteiger partial charge is 0.273 e. The number of oxazole rings is 1. The van der Waals surface area contributed by atoms with Crippen LogP contribution in [-0.4, -0.2) is 35.7 Å². The molecule has 2 heterocycles. The number of methoxy groups -OCH3 is 1. The molecule has 8 nitrogen and oxygen atoms in total. The van der Waals surface area contributed by atoms with Gasteiger partial charge >= 0.3 is 0 Å². The van der Waals surface area contributed by atoms with Gasteiger partial charge < -0.3 is 23.9 Å².